The molecule has 4 nitrogen and oxygen atoms in total. The summed E-state index contributed by atoms with van der Waals surface area (Å²) < 4.78 is 6.55. The number of carbonyl (C=O) groups excluding carboxylic acids is 1. The van der Waals surface area contributed by atoms with Crippen molar-refractivity contribution in [3.05, 3.63) is 28.2 Å². The second kappa shape index (κ2) is 7.93. The quantitative estimate of drug-likeness (QED) is 0.778. The molecule has 1 rings (SSSR count). The maximum Gasteiger partial charge on any atom is 0.261 e. The number of hydrogen-bond donors (Lipinski definition) is 2. The van der Waals surface area contributed by atoms with Gasteiger partial charge in [-0.2, -0.15) is 0 Å². The van der Waals surface area contributed by atoms with Gasteiger partial charge < -0.3 is 15.8 Å². The zero-order valence-corrected chi connectivity index (χ0v) is 13.2. The van der Waals surface area contributed by atoms with Gasteiger partial charge in [0.05, 0.1) is 11.0 Å². The number of ether oxygens (including phenoxy) is 1. The Labute approximate surface area is 128 Å². The number of para-hydroxylation sites is 1. The first-order valence-electron chi connectivity index (χ1n) is 6.36. The van der Waals surface area contributed by atoms with Crippen LogP contribution in [0.5, 0.6) is 5.75 Å². The molecule has 2 atom stereocenters. The second-order valence-electron chi connectivity index (χ2n) is 4.59. The van der Waals surface area contributed by atoms with E-state index in [0.717, 1.165) is 10.0 Å². The third-order valence-corrected chi connectivity index (χ3v) is 3.24. The van der Waals surface area contributed by atoms with Crippen LogP contribution >= 0.6 is 15.9 Å². The van der Waals surface area contributed by atoms with Gasteiger partial charge in [0, 0.05) is 6.04 Å². The number of nitrogens with two attached hydrogens (primary N) is 1. The van der Waals surface area contributed by atoms with Crippen LogP contribution in [0.1, 0.15) is 19.4 Å². The van der Waals surface area contributed by atoms with Crippen molar-refractivity contribution in [1.82, 2.24) is 5.32 Å². The van der Waals surface area contributed by atoms with Crippen molar-refractivity contribution >= 4 is 21.8 Å². The lowest BCUT2D eigenvalue weighted by molar-refractivity contribution is -0.127. The van der Waals surface area contributed by atoms with Gasteiger partial charge in [-0.3, -0.25) is 4.79 Å². The fraction of sp³-hybridized carbons (Fsp3) is 0.400. The molecule has 0 aromatic heterocycles. The van der Waals surface area contributed by atoms with E-state index in [-0.39, 0.29) is 18.5 Å². The topological polar surface area (TPSA) is 64.3 Å². The molecule has 0 bridgehead atoms. The molecule has 108 valence electrons. The van der Waals surface area contributed by atoms with E-state index < -0.39 is 6.10 Å². The van der Waals surface area contributed by atoms with E-state index in [9.17, 15) is 4.79 Å². The Bertz CT molecular complexity index is 509. The molecule has 0 fully saturated rings. The zero-order valence-electron chi connectivity index (χ0n) is 11.7. The Hall–Kier alpha value is -1.51. The predicted octanol–water partition coefficient (Wildman–Crippen LogP) is 1.86. The minimum absolute atomic E-state index is 0.0113. The molecule has 5 heteroatoms. The average molecular weight is 339 g/mol. The van der Waals surface area contributed by atoms with Crippen LogP contribution < -0.4 is 15.8 Å². The lowest BCUT2D eigenvalue weighted by atomic mass is 10.1. The SMILES string of the molecule is C#CCNC(=O)C(C)Oc1c(Br)cccc1CC(C)N. The van der Waals surface area contributed by atoms with Crippen LogP contribution in [0.3, 0.4) is 0 Å². The van der Waals surface area contributed by atoms with E-state index in [4.69, 9.17) is 16.9 Å². The summed E-state index contributed by atoms with van der Waals surface area (Å²) in [6.45, 7) is 3.80. The summed E-state index contributed by atoms with van der Waals surface area (Å²) >= 11 is 3.44. The predicted molar refractivity (Wildman–Crippen MR) is 83.4 cm³/mol. The van der Waals surface area contributed by atoms with Gasteiger partial charge in [-0.15, -0.1) is 6.42 Å². The van der Waals surface area contributed by atoms with E-state index in [1.165, 1.54) is 0 Å². The number of carbonyl (C=O) groups is 1. The van der Waals surface area contributed by atoms with Crippen LogP contribution in [0, 0.1) is 12.3 Å². The number of halogens is 1. The molecule has 20 heavy (non-hydrogen) atoms. The maximum absolute atomic E-state index is 11.8. The molecule has 0 aliphatic rings. The van der Waals surface area contributed by atoms with Gasteiger partial charge in [-0.1, -0.05) is 18.1 Å². The number of benzene rings is 1. The first-order chi connectivity index (χ1) is 9.45. The van der Waals surface area contributed by atoms with Crippen molar-refractivity contribution in [3.63, 3.8) is 0 Å². The van der Waals surface area contributed by atoms with Crippen molar-refractivity contribution in [2.45, 2.75) is 32.4 Å². The highest BCUT2D eigenvalue weighted by Gasteiger charge is 2.18. The van der Waals surface area contributed by atoms with E-state index in [1.807, 2.05) is 25.1 Å². The van der Waals surface area contributed by atoms with Crippen LogP contribution in [-0.4, -0.2) is 24.6 Å². The molecule has 1 aromatic carbocycles. The van der Waals surface area contributed by atoms with Crippen molar-refractivity contribution in [2.24, 2.45) is 5.73 Å². The van der Waals surface area contributed by atoms with Gasteiger partial charge in [-0.25, -0.2) is 0 Å². The molecule has 0 spiro atoms. The van der Waals surface area contributed by atoms with Crippen molar-refractivity contribution < 1.29 is 9.53 Å². The van der Waals surface area contributed by atoms with Gasteiger partial charge >= 0.3 is 0 Å². The van der Waals surface area contributed by atoms with Gasteiger partial charge in [0.25, 0.3) is 5.91 Å². The largest absolute Gasteiger partial charge is 0.479 e. The Morgan fingerprint density at radius 1 is 1.55 bits per heavy atom. The van der Waals surface area contributed by atoms with Crippen LogP contribution in [0.2, 0.25) is 0 Å². The van der Waals surface area contributed by atoms with E-state index in [0.29, 0.717) is 12.2 Å². The number of amides is 1. The van der Waals surface area contributed by atoms with Gasteiger partial charge in [0.2, 0.25) is 0 Å². The summed E-state index contributed by atoms with van der Waals surface area (Å²) in [6.07, 6.45) is 5.15. The van der Waals surface area contributed by atoms with Crippen molar-refractivity contribution in [1.29, 1.82) is 0 Å². The van der Waals surface area contributed by atoms with Gasteiger partial charge in [-0.05, 0) is 47.8 Å². The summed E-state index contributed by atoms with van der Waals surface area (Å²) in [5, 5.41) is 2.59. The molecule has 0 saturated carbocycles. The van der Waals surface area contributed by atoms with E-state index in [1.54, 1.807) is 6.92 Å². The minimum Gasteiger partial charge on any atom is -0.479 e. The Balaban J connectivity index is 2.85. The average Bonchev–Trinajstić information content (AvgIpc) is 2.39. The Kier molecular flexibility index (Phi) is 6.56. The zero-order chi connectivity index (χ0) is 15.1. The van der Waals surface area contributed by atoms with Crippen LogP contribution in [0.15, 0.2) is 22.7 Å². The monoisotopic (exact) mass is 338 g/mol. The molecule has 1 aromatic rings. The fourth-order valence-electron chi connectivity index (χ4n) is 1.71. The highest BCUT2D eigenvalue weighted by molar-refractivity contribution is 9.10. The highest BCUT2D eigenvalue weighted by atomic mass is 79.9. The first kappa shape index (κ1) is 16.5. The number of rotatable bonds is 6. The van der Waals surface area contributed by atoms with Crippen LogP contribution in [-0.2, 0) is 11.2 Å². The normalized spacial score (nSPS) is 13.2. The van der Waals surface area contributed by atoms with E-state index in [2.05, 4.69) is 27.2 Å². The second-order valence-corrected chi connectivity index (χ2v) is 5.45. The molecular formula is C15H19BrN2O2. The molecule has 0 radical (unpaired) electrons. The lowest BCUT2D eigenvalue weighted by Gasteiger charge is -2.19. The Morgan fingerprint density at radius 3 is 2.85 bits per heavy atom. The minimum atomic E-state index is -0.631. The van der Waals surface area contributed by atoms with Crippen molar-refractivity contribution in [3.8, 4) is 18.1 Å². The summed E-state index contributed by atoms with van der Waals surface area (Å²) in [4.78, 5) is 11.8. The molecule has 0 aliphatic heterocycles. The summed E-state index contributed by atoms with van der Waals surface area (Å²) in [6, 6.07) is 5.73. The highest BCUT2D eigenvalue weighted by Crippen LogP contribution is 2.30. The van der Waals surface area contributed by atoms with Gasteiger partial charge in [0.1, 0.15) is 5.75 Å². The van der Waals surface area contributed by atoms with Crippen LogP contribution in [0.25, 0.3) is 0 Å². The molecule has 0 heterocycles. The molecule has 0 aliphatic carbocycles. The fourth-order valence-corrected chi connectivity index (χ4v) is 2.21. The summed E-state index contributed by atoms with van der Waals surface area (Å²) in [5.41, 5.74) is 6.79. The smallest absolute Gasteiger partial charge is 0.261 e. The maximum atomic E-state index is 11.8. The molecule has 1 amide bonds. The molecule has 3 N–H and O–H groups in total. The van der Waals surface area contributed by atoms with Gasteiger partial charge in [0.15, 0.2) is 6.10 Å². The Morgan fingerprint density at radius 2 is 2.25 bits per heavy atom. The standard InChI is InChI=1S/C15H19BrN2O2/c1-4-8-18-15(19)11(3)20-14-12(9-10(2)17)6-5-7-13(14)16/h1,5-7,10-11H,8-9,17H2,2-3H3,(H,18,19). The van der Waals surface area contributed by atoms with Crippen LogP contribution in [0.4, 0.5) is 0 Å². The number of terminal acetylenes is 1. The summed E-state index contributed by atoms with van der Waals surface area (Å²) in [5.74, 6) is 2.75. The number of hydrogen-bond acceptors (Lipinski definition) is 3. The van der Waals surface area contributed by atoms with E-state index >= 15 is 0 Å². The molecule has 2 unspecified atom stereocenters. The third kappa shape index (κ3) is 4.87. The summed E-state index contributed by atoms with van der Waals surface area (Å²) in [7, 11) is 0. The first-order valence-corrected chi connectivity index (χ1v) is 7.15. The number of nitrogens with one attached hydrogen (secondary N) is 1. The third-order valence-electron chi connectivity index (χ3n) is 2.62. The lowest BCUT2D eigenvalue weighted by Crippen LogP contribution is -2.36. The molecule has 0 saturated heterocycles. The van der Waals surface area contributed by atoms with Crippen molar-refractivity contribution in [2.75, 3.05) is 6.54 Å². The molecular weight excluding hydrogens is 320 g/mol.